The molecule has 1 amide bonds. The minimum absolute atomic E-state index is 0.237. The van der Waals surface area contributed by atoms with E-state index < -0.39 is 0 Å². The summed E-state index contributed by atoms with van der Waals surface area (Å²) in [6, 6.07) is 21.5. The van der Waals surface area contributed by atoms with Crippen LogP contribution in [0.3, 0.4) is 0 Å². The largest absolute Gasteiger partial charge is 0.338 e. The highest BCUT2D eigenvalue weighted by Gasteiger charge is 2.39. The first-order valence-corrected chi connectivity index (χ1v) is 8.89. The Morgan fingerprint density at radius 1 is 0.958 bits per heavy atom. The molecule has 1 fully saturated rings. The van der Waals surface area contributed by atoms with E-state index in [1.165, 1.54) is 11.1 Å². The van der Waals surface area contributed by atoms with Crippen molar-refractivity contribution in [1.82, 2.24) is 4.90 Å². The van der Waals surface area contributed by atoms with Crippen LogP contribution < -0.4 is 0 Å². The van der Waals surface area contributed by atoms with Crippen LogP contribution in [0.25, 0.3) is 0 Å². The Morgan fingerprint density at radius 3 is 1.92 bits per heavy atom. The summed E-state index contributed by atoms with van der Waals surface area (Å²) in [5.74, 6) is 0.503. The smallest absolute Gasteiger partial charge is 0.228 e. The zero-order chi connectivity index (χ0) is 17.2. The Hall–Kier alpha value is -2.09. The van der Waals surface area contributed by atoms with Crippen LogP contribution in [0.4, 0.5) is 0 Å². The number of hydrogen-bond acceptors (Lipinski definition) is 1. The van der Waals surface area contributed by atoms with Crippen LogP contribution in [0, 0.1) is 5.41 Å². The molecule has 0 radical (unpaired) electrons. The van der Waals surface area contributed by atoms with E-state index in [0.717, 1.165) is 19.4 Å². The molecular formula is C22H27NO. The maximum Gasteiger partial charge on any atom is 0.228 e. The van der Waals surface area contributed by atoms with Gasteiger partial charge in [0.2, 0.25) is 5.91 Å². The lowest BCUT2D eigenvalue weighted by molar-refractivity contribution is -0.140. The van der Waals surface area contributed by atoms with Gasteiger partial charge in [0.25, 0.3) is 0 Å². The Bertz CT molecular complexity index is 633. The van der Waals surface area contributed by atoms with Crippen LogP contribution in [-0.2, 0) is 4.79 Å². The summed E-state index contributed by atoms with van der Waals surface area (Å²) < 4.78 is 0. The van der Waals surface area contributed by atoms with E-state index in [0.29, 0.717) is 0 Å². The van der Waals surface area contributed by atoms with Crippen molar-refractivity contribution in [1.29, 1.82) is 0 Å². The zero-order valence-electron chi connectivity index (χ0n) is 14.9. The van der Waals surface area contributed by atoms with Gasteiger partial charge >= 0.3 is 0 Å². The van der Waals surface area contributed by atoms with Crippen molar-refractivity contribution in [2.45, 2.75) is 45.6 Å². The molecule has 0 saturated carbocycles. The summed E-state index contributed by atoms with van der Waals surface area (Å²) in [5.41, 5.74) is 2.25. The van der Waals surface area contributed by atoms with E-state index in [-0.39, 0.29) is 23.3 Å². The van der Waals surface area contributed by atoms with Crippen molar-refractivity contribution in [2.75, 3.05) is 6.54 Å². The number of benzene rings is 2. The minimum atomic E-state index is -0.333. The summed E-state index contributed by atoms with van der Waals surface area (Å²) in [7, 11) is 0. The van der Waals surface area contributed by atoms with Crippen LogP contribution in [0.2, 0.25) is 0 Å². The van der Waals surface area contributed by atoms with Crippen LogP contribution in [-0.4, -0.2) is 23.4 Å². The lowest BCUT2D eigenvalue weighted by Crippen LogP contribution is -2.45. The average molecular weight is 321 g/mol. The number of carbonyl (C=O) groups excluding carboxylic acids is 1. The summed E-state index contributed by atoms with van der Waals surface area (Å²) in [6.45, 7) is 6.93. The molecule has 1 aliphatic rings. The van der Waals surface area contributed by atoms with Gasteiger partial charge in [-0.3, -0.25) is 4.79 Å². The van der Waals surface area contributed by atoms with E-state index in [2.05, 4.69) is 65.6 Å². The second kappa shape index (κ2) is 6.80. The summed E-state index contributed by atoms with van der Waals surface area (Å²) in [4.78, 5) is 15.1. The number of amides is 1. The van der Waals surface area contributed by atoms with Gasteiger partial charge in [0, 0.05) is 23.9 Å². The highest BCUT2D eigenvalue weighted by Crippen LogP contribution is 2.38. The fourth-order valence-corrected chi connectivity index (χ4v) is 3.78. The fraction of sp³-hybridized carbons (Fsp3) is 0.409. The molecule has 2 aromatic rings. The van der Waals surface area contributed by atoms with Crippen molar-refractivity contribution in [3.05, 3.63) is 71.8 Å². The molecule has 0 spiro atoms. The van der Waals surface area contributed by atoms with Crippen molar-refractivity contribution < 1.29 is 4.79 Å². The van der Waals surface area contributed by atoms with Crippen LogP contribution >= 0.6 is 0 Å². The lowest BCUT2D eigenvalue weighted by atomic mass is 9.83. The summed E-state index contributed by atoms with van der Waals surface area (Å²) >= 11 is 0. The third-order valence-electron chi connectivity index (χ3n) is 4.90. The fourth-order valence-electron chi connectivity index (χ4n) is 3.78. The molecule has 24 heavy (non-hydrogen) atoms. The first-order chi connectivity index (χ1) is 11.5. The Balaban J connectivity index is 2.01. The normalized spacial score (nSPS) is 18.2. The molecular weight excluding hydrogens is 294 g/mol. The Kier molecular flexibility index (Phi) is 4.75. The molecule has 1 saturated heterocycles. The van der Waals surface area contributed by atoms with Gasteiger partial charge < -0.3 is 4.90 Å². The van der Waals surface area contributed by atoms with Crippen molar-refractivity contribution in [2.24, 2.45) is 5.41 Å². The summed E-state index contributed by atoms with van der Waals surface area (Å²) in [5, 5.41) is 0. The van der Waals surface area contributed by atoms with E-state index in [9.17, 15) is 4.79 Å². The predicted octanol–water partition coefficient (Wildman–Crippen LogP) is 4.86. The highest BCUT2D eigenvalue weighted by molar-refractivity contribution is 5.82. The molecule has 0 aliphatic carbocycles. The average Bonchev–Trinajstić information content (AvgIpc) is 3.04. The standard InChI is InChI=1S/C22H27NO/c1-22(2,3)21(24)23-16-10-15-19(23)20(17-11-6-4-7-12-17)18-13-8-5-9-14-18/h4-9,11-14,19-20H,10,15-16H2,1-3H3. The topological polar surface area (TPSA) is 20.3 Å². The molecule has 1 unspecified atom stereocenters. The van der Waals surface area contributed by atoms with Gasteiger partial charge in [-0.05, 0) is 24.0 Å². The maximum atomic E-state index is 13.0. The predicted molar refractivity (Wildman–Crippen MR) is 98.9 cm³/mol. The van der Waals surface area contributed by atoms with Crippen LogP contribution in [0.15, 0.2) is 60.7 Å². The van der Waals surface area contributed by atoms with E-state index in [1.807, 2.05) is 20.8 Å². The maximum absolute atomic E-state index is 13.0. The molecule has 2 nitrogen and oxygen atoms in total. The van der Waals surface area contributed by atoms with Crippen molar-refractivity contribution in [3.8, 4) is 0 Å². The third-order valence-corrected chi connectivity index (χ3v) is 4.90. The number of rotatable bonds is 3. The molecule has 0 N–H and O–H groups in total. The zero-order valence-corrected chi connectivity index (χ0v) is 14.9. The number of nitrogens with zero attached hydrogens (tertiary/aromatic N) is 1. The molecule has 3 rings (SSSR count). The second-order valence-corrected chi connectivity index (χ2v) is 7.76. The SMILES string of the molecule is CC(C)(C)C(=O)N1CCCC1C(c1ccccc1)c1ccccc1. The highest BCUT2D eigenvalue weighted by atomic mass is 16.2. The molecule has 0 aromatic heterocycles. The van der Waals surface area contributed by atoms with E-state index in [4.69, 9.17) is 0 Å². The molecule has 126 valence electrons. The van der Waals surface area contributed by atoms with E-state index >= 15 is 0 Å². The number of likely N-dealkylation sites (tertiary alicyclic amines) is 1. The first-order valence-electron chi connectivity index (χ1n) is 8.89. The summed E-state index contributed by atoms with van der Waals surface area (Å²) in [6.07, 6.45) is 2.15. The van der Waals surface area contributed by atoms with Crippen LogP contribution in [0.1, 0.15) is 50.7 Å². The van der Waals surface area contributed by atoms with E-state index in [1.54, 1.807) is 0 Å². The quantitative estimate of drug-likeness (QED) is 0.791. The number of hydrogen-bond donors (Lipinski definition) is 0. The molecule has 0 bridgehead atoms. The van der Waals surface area contributed by atoms with Gasteiger partial charge in [-0.2, -0.15) is 0 Å². The van der Waals surface area contributed by atoms with Gasteiger partial charge in [-0.15, -0.1) is 0 Å². The molecule has 2 heteroatoms. The van der Waals surface area contributed by atoms with Gasteiger partial charge in [-0.25, -0.2) is 0 Å². The van der Waals surface area contributed by atoms with Crippen LogP contribution in [0.5, 0.6) is 0 Å². The van der Waals surface area contributed by atoms with Crippen molar-refractivity contribution in [3.63, 3.8) is 0 Å². The minimum Gasteiger partial charge on any atom is -0.338 e. The monoisotopic (exact) mass is 321 g/mol. The van der Waals surface area contributed by atoms with Gasteiger partial charge in [0.05, 0.1) is 0 Å². The second-order valence-electron chi connectivity index (χ2n) is 7.76. The van der Waals surface area contributed by atoms with Gasteiger partial charge in [0.15, 0.2) is 0 Å². The molecule has 1 atom stereocenters. The molecule has 1 heterocycles. The Labute approximate surface area is 145 Å². The molecule has 1 aliphatic heterocycles. The van der Waals surface area contributed by atoms with Gasteiger partial charge in [-0.1, -0.05) is 81.4 Å². The van der Waals surface area contributed by atoms with Crippen molar-refractivity contribution >= 4 is 5.91 Å². The molecule has 2 aromatic carbocycles. The lowest BCUT2D eigenvalue weighted by Gasteiger charge is -2.36. The Morgan fingerprint density at radius 2 is 1.46 bits per heavy atom. The third kappa shape index (κ3) is 3.38. The number of carbonyl (C=O) groups is 1. The first kappa shape index (κ1) is 16.8. The van der Waals surface area contributed by atoms with Gasteiger partial charge in [0.1, 0.15) is 0 Å².